The molecule has 1 heterocycles. The highest BCUT2D eigenvalue weighted by molar-refractivity contribution is 7.92. The smallest absolute Gasteiger partial charge is 0.261 e. The number of rotatable bonds is 5. The molecule has 0 spiro atoms. The molecule has 6 nitrogen and oxygen atoms in total. The molecule has 1 unspecified atom stereocenters. The van der Waals surface area contributed by atoms with Crippen molar-refractivity contribution >= 4 is 27.3 Å². The van der Waals surface area contributed by atoms with E-state index in [0.717, 1.165) is 37.2 Å². The summed E-state index contributed by atoms with van der Waals surface area (Å²) in [5, 5.41) is 0. The van der Waals surface area contributed by atoms with E-state index >= 15 is 0 Å². The van der Waals surface area contributed by atoms with Crippen molar-refractivity contribution in [1.82, 2.24) is 0 Å². The van der Waals surface area contributed by atoms with Gasteiger partial charge in [-0.3, -0.25) is 9.52 Å². The number of nitrogens with two attached hydrogens (primary N) is 1. The first-order valence-corrected chi connectivity index (χ1v) is 10.5. The Balaban J connectivity index is 1.99. The zero-order valence-electron chi connectivity index (χ0n) is 15.6. The van der Waals surface area contributed by atoms with E-state index in [-0.39, 0.29) is 10.5 Å². The molecule has 1 saturated heterocycles. The van der Waals surface area contributed by atoms with Gasteiger partial charge in [0, 0.05) is 18.7 Å². The molecule has 144 valence electrons. The van der Waals surface area contributed by atoms with Gasteiger partial charge in [-0.1, -0.05) is 24.6 Å². The highest BCUT2D eigenvalue weighted by Gasteiger charge is 2.23. The molecule has 0 bridgehead atoms. The van der Waals surface area contributed by atoms with Crippen LogP contribution in [0.25, 0.3) is 0 Å². The molecule has 1 amide bonds. The maximum atomic E-state index is 12.8. The molecule has 0 aromatic heterocycles. The van der Waals surface area contributed by atoms with Gasteiger partial charge in [-0.2, -0.15) is 0 Å². The average molecular weight is 388 g/mol. The lowest BCUT2D eigenvalue weighted by Crippen LogP contribution is -2.35. The summed E-state index contributed by atoms with van der Waals surface area (Å²) in [7, 11) is -3.78. The Morgan fingerprint density at radius 1 is 1.19 bits per heavy atom. The lowest BCUT2D eigenvalue weighted by Gasteiger charge is -2.34. The number of amides is 1. The van der Waals surface area contributed by atoms with Crippen LogP contribution < -0.4 is 15.4 Å². The largest absolute Gasteiger partial charge is 0.370 e. The number of anilines is 2. The lowest BCUT2D eigenvalue weighted by atomic mass is 9.99. The van der Waals surface area contributed by atoms with Crippen LogP contribution in [0.1, 0.15) is 35.7 Å². The Hall–Kier alpha value is -2.54. The van der Waals surface area contributed by atoms with E-state index in [2.05, 4.69) is 16.5 Å². The molecule has 1 atom stereocenters. The standard InChI is InChI=1S/C20H25N3O3S/c1-14-5-8-17(9-6-14)27(25,26)22-18-12-16(20(21)24)7-10-19(18)23-11-3-4-15(2)13-23/h5-10,12,15,22H,3-4,11,13H2,1-2H3,(H2,21,24). The number of nitrogens with one attached hydrogen (secondary N) is 1. The summed E-state index contributed by atoms with van der Waals surface area (Å²) in [6.45, 7) is 5.77. The van der Waals surface area contributed by atoms with Crippen molar-refractivity contribution in [2.24, 2.45) is 11.7 Å². The van der Waals surface area contributed by atoms with Crippen molar-refractivity contribution in [3.63, 3.8) is 0 Å². The maximum Gasteiger partial charge on any atom is 0.261 e. The molecule has 1 aliphatic rings. The van der Waals surface area contributed by atoms with E-state index in [0.29, 0.717) is 11.6 Å². The van der Waals surface area contributed by atoms with Gasteiger partial charge in [-0.15, -0.1) is 0 Å². The molecule has 3 rings (SSSR count). The fraction of sp³-hybridized carbons (Fsp3) is 0.350. The molecule has 0 radical (unpaired) electrons. The van der Waals surface area contributed by atoms with Crippen LogP contribution in [0.4, 0.5) is 11.4 Å². The van der Waals surface area contributed by atoms with Crippen LogP contribution in [-0.4, -0.2) is 27.4 Å². The zero-order valence-corrected chi connectivity index (χ0v) is 16.4. The fourth-order valence-electron chi connectivity index (χ4n) is 3.38. The van der Waals surface area contributed by atoms with Gasteiger partial charge in [0.2, 0.25) is 5.91 Å². The van der Waals surface area contributed by atoms with E-state index in [1.807, 2.05) is 6.92 Å². The van der Waals surface area contributed by atoms with Crippen molar-refractivity contribution in [1.29, 1.82) is 0 Å². The van der Waals surface area contributed by atoms with E-state index < -0.39 is 15.9 Å². The summed E-state index contributed by atoms with van der Waals surface area (Å²) in [5.41, 5.74) is 7.79. The van der Waals surface area contributed by atoms with Gasteiger partial charge in [-0.25, -0.2) is 8.42 Å². The van der Waals surface area contributed by atoms with Crippen LogP contribution in [0.2, 0.25) is 0 Å². The van der Waals surface area contributed by atoms with Crippen LogP contribution in [0.5, 0.6) is 0 Å². The third-order valence-electron chi connectivity index (χ3n) is 4.85. The minimum Gasteiger partial charge on any atom is -0.370 e. The molecular formula is C20H25N3O3S. The van der Waals surface area contributed by atoms with Gasteiger partial charge in [0.15, 0.2) is 0 Å². The van der Waals surface area contributed by atoms with E-state index in [9.17, 15) is 13.2 Å². The minimum absolute atomic E-state index is 0.176. The summed E-state index contributed by atoms with van der Waals surface area (Å²) in [4.78, 5) is 13.9. The van der Waals surface area contributed by atoms with Gasteiger partial charge in [0.05, 0.1) is 16.3 Å². The Morgan fingerprint density at radius 3 is 2.52 bits per heavy atom. The normalized spacial score (nSPS) is 17.6. The first-order valence-electron chi connectivity index (χ1n) is 9.04. The predicted molar refractivity (Wildman–Crippen MR) is 108 cm³/mol. The Morgan fingerprint density at radius 2 is 1.89 bits per heavy atom. The topological polar surface area (TPSA) is 92.5 Å². The molecule has 0 saturated carbocycles. The number of nitrogens with zero attached hydrogens (tertiary/aromatic N) is 1. The van der Waals surface area contributed by atoms with Crippen LogP contribution in [-0.2, 0) is 10.0 Å². The molecule has 1 aliphatic heterocycles. The maximum absolute atomic E-state index is 12.8. The molecule has 1 fully saturated rings. The number of hydrogen-bond acceptors (Lipinski definition) is 4. The number of primary amides is 1. The number of carbonyl (C=O) groups excluding carboxylic acids is 1. The van der Waals surface area contributed by atoms with Crippen molar-refractivity contribution in [2.75, 3.05) is 22.7 Å². The number of hydrogen-bond donors (Lipinski definition) is 2. The van der Waals surface area contributed by atoms with Gasteiger partial charge in [-0.05, 0) is 56.0 Å². The summed E-state index contributed by atoms with van der Waals surface area (Å²) in [6, 6.07) is 11.6. The SMILES string of the molecule is Cc1ccc(S(=O)(=O)Nc2cc(C(N)=O)ccc2N2CCCC(C)C2)cc1. The monoisotopic (exact) mass is 387 g/mol. The predicted octanol–water partition coefficient (Wildman–Crippen LogP) is 3.13. The van der Waals surface area contributed by atoms with E-state index in [1.165, 1.54) is 6.07 Å². The third-order valence-corrected chi connectivity index (χ3v) is 6.24. The highest BCUT2D eigenvalue weighted by atomic mass is 32.2. The molecule has 27 heavy (non-hydrogen) atoms. The molecule has 7 heteroatoms. The van der Waals surface area contributed by atoms with Crippen LogP contribution >= 0.6 is 0 Å². The number of piperidine rings is 1. The number of aryl methyl sites for hydroxylation is 1. The van der Waals surface area contributed by atoms with E-state index in [1.54, 1.807) is 36.4 Å². The molecule has 2 aromatic carbocycles. The molecular weight excluding hydrogens is 362 g/mol. The van der Waals surface area contributed by atoms with Crippen LogP contribution in [0, 0.1) is 12.8 Å². The summed E-state index contributed by atoms with van der Waals surface area (Å²) in [5.74, 6) is -0.0690. The Kier molecular flexibility index (Phi) is 5.41. The molecule has 0 aliphatic carbocycles. The van der Waals surface area contributed by atoms with Crippen molar-refractivity contribution in [3.05, 3.63) is 53.6 Å². The first kappa shape index (κ1) is 19.2. The summed E-state index contributed by atoms with van der Waals surface area (Å²) >= 11 is 0. The van der Waals surface area contributed by atoms with Gasteiger partial charge in [0.1, 0.15) is 0 Å². The highest BCUT2D eigenvalue weighted by Crippen LogP contribution is 2.32. The minimum atomic E-state index is -3.78. The fourth-order valence-corrected chi connectivity index (χ4v) is 4.44. The number of carbonyl (C=O) groups is 1. The Labute approximate surface area is 160 Å². The van der Waals surface area contributed by atoms with Crippen LogP contribution in [0.15, 0.2) is 47.4 Å². The van der Waals surface area contributed by atoms with Crippen molar-refractivity contribution in [3.8, 4) is 0 Å². The number of sulfonamides is 1. The van der Waals surface area contributed by atoms with Gasteiger partial charge >= 0.3 is 0 Å². The lowest BCUT2D eigenvalue weighted by molar-refractivity contribution is 0.100. The first-order chi connectivity index (χ1) is 12.8. The second-order valence-electron chi connectivity index (χ2n) is 7.21. The van der Waals surface area contributed by atoms with Gasteiger partial charge < -0.3 is 10.6 Å². The second-order valence-corrected chi connectivity index (χ2v) is 8.89. The van der Waals surface area contributed by atoms with Crippen molar-refractivity contribution < 1.29 is 13.2 Å². The van der Waals surface area contributed by atoms with Crippen molar-refractivity contribution in [2.45, 2.75) is 31.6 Å². The average Bonchev–Trinajstić information content (AvgIpc) is 2.61. The molecule has 3 N–H and O–H groups in total. The zero-order chi connectivity index (χ0) is 19.6. The van der Waals surface area contributed by atoms with Crippen LogP contribution in [0.3, 0.4) is 0 Å². The van der Waals surface area contributed by atoms with E-state index in [4.69, 9.17) is 5.73 Å². The summed E-state index contributed by atoms with van der Waals surface area (Å²) < 4.78 is 28.3. The van der Waals surface area contributed by atoms with Gasteiger partial charge in [0.25, 0.3) is 10.0 Å². The third kappa shape index (κ3) is 4.42. The quantitative estimate of drug-likeness (QED) is 0.824. The Bertz CT molecular complexity index is 939. The number of benzene rings is 2. The summed E-state index contributed by atoms with van der Waals surface area (Å²) in [6.07, 6.45) is 2.20. The molecule has 2 aromatic rings. The second kappa shape index (κ2) is 7.60.